The predicted octanol–water partition coefficient (Wildman–Crippen LogP) is 2.41. The van der Waals surface area contributed by atoms with Gasteiger partial charge in [-0.05, 0) is 50.6 Å². The van der Waals surface area contributed by atoms with Crippen LogP contribution in [0.5, 0.6) is 0 Å². The molecule has 1 heterocycles. The standard InChI is InChI=1S/C15H19N3O2S/c1-15(2,3)18-21(19,20)12-7-4-6-11(10-12)13-8-5-9-17-14(13)16/h4-10,18H,1-3H3,(H2,16,17). The smallest absolute Gasteiger partial charge is 0.241 e. The number of nitrogens with zero attached hydrogens (tertiary/aromatic N) is 1. The zero-order valence-corrected chi connectivity index (χ0v) is 13.1. The average molecular weight is 305 g/mol. The number of aromatic nitrogens is 1. The quantitative estimate of drug-likeness (QED) is 0.912. The Morgan fingerprint density at radius 2 is 1.86 bits per heavy atom. The lowest BCUT2D eigenvalue weighted by Crippen LogP contribution is -2.40. The van der Waals surface area contributed by atoms with Crippen LogP contribution in [0.2, 0.25) is 0 Å². The Kier molecular flexibility index (Phi) is 4.02. The number of hydrogen-bond acceptors (Lipinski definition) is 4. The minimum absolute atomic E-state index is 0.207. The lowest BCUT2D eigenvalue weighted by molar-refractivity contribution is 0.491. The van der Waals surface area contributed by atoms with Gasteiger partial charge < -0.3 is 5.73 Å². The largest absolute Gasteiger partial charge is 0.383 e. The minimum atomic E-state index is -3.57. The SMILES string of the molecule is CC(C)(C)NS(=O)(=O)c1cccc(-c2cccnc2N)c1. The van der Waals surface area contributed by atoms with Gasteiger partial charge in [0.25, 0.3) is 0 Å². The van der Waals surface area contributed by atoms with Gasteiger partial charge in [-0.3, -0.25) is 0 Å². The van der Waals surface area contributed by atoms with E-state index >= 15 is 0 Å². The van der Waals surface area contributed by atoms with Gasteiger partial charge in [0, 0.05) is 17.3 Å². The summed E-state index contributed by atoms with van der Waals surface area (Å²) in [4.78, 5) is 4.23. The molecule has 0 unspecified atom stereocenters. The molecule has 1 aromatic carbocycles. The van der Waals surface area contributed by atoms with Crippen LogP contribution in [0.15, 0.2) is 47.5 Å². The Morgan fingerprint density at radius 3 is 2.48 bits per heavy atom. The highest BCUT2D eigenvalue weighted by atomic mass is 32.2. The Hall–Kier alpha value is -1.92. The van der Waals surface area contributed by atoms with Gasteiger partial charge in [0.15, 0.2) is 0 Å². The van der Waals surface area contributed by atoms with Crippen molar-refractivity contribution >= 4 is 15.8 Å². The number of anilines is 1. The first-order valence-corrected chi connectivity index (χ1v) is 8.02. The van der Waals surface area contributed by atoms with E-state index in [0.717, 1.165) is 5.56 Å². The topological polar surface area (TPSA) is 85.1 Å². The van der Waals surface area contributed by atoms with Crippen LogP contribution < -0.4 is 10.5 Å². The van der Waals surface area contributed by atoms with Crippen LogP contribution in [0.3, 0.4) is 0 Å². The summed E-state index contributed by atoms with van der Waals surface area (Å²) in [5.41, 5.74) is 6.73. The number of nitrogen functional groups attached to an aromatic ring is 1. The molecule has 3 N–H and O–H groups in total. The molecule has 0 amide bonds. The summed E-state index contributed by atoms with van der Waals surface area (Å²) in [6, 6.07) is 10.2. The van der Waals surface area contributed by atoms with Crippen molar-refractivity contribution in [2.75, 3.05) is 5.73 Å². The number of hydrogen-bond donors (Lipinski definition) is 2. The zero-order chi connectivity index (χ0) is 15.7. The molecule has 0 bridgehead atoms. The van der Waals surface area contributed by atoms with Gasteiger partial charge in [-0.1, -0.05) is 12.1 Å². The molecule has 0 saturated heterocycles. The molecular formula is C15H19N3O2S. The van der Waals surface area contributed by atoms with Crippen LogP contribution in [0.25, 0.3) is 11.1 Å². The second-order valence-electron chi connectivity index (χ2n) is 5.82. The predicted molar refractivity (Wildman–Crippen MR) is 84.2 cm³/mol. The third kappa shape index (κ3) is 3.80. The van der Waals surface area contributed by atoms with Gasteiger partial charge in [-0.15, -0.1) is 0 Å². The highest BCUT2D eigenvalue weighted by molar-refractivity contribution is 7.89. The van der Waals surface area contributed by atoms with Crippen molar-refractivity contribution in [2.45, 2.75) is 31.2 Å². The molecule has 0 fully saturated rings. The Balaban J connectivity index is 2.46. The van der Waals surface area contributed by atoms with Crippen LogP contribution in [-0.4, -0.2) is 18.9 Å². The van der Waals surface area contributed by atoms with Crippen LogP contribution in [0, 0.1) is 0 Å². The van der Waals surface area contributed by atoms with E-state index in [0.29, 0.717) is 11.4 Å². The molecule has 0 radical (unpaired) electrons. The van der Waals surface area contributed by atoms with E-state index in [-0.39, 0.29) is 4.90 Å². The highest BCUT2D eigenvalue weighted by Crippen LogP contribution is 2.26. The van der Waals surface area contributed by atoms with Crippen LogP contribution in [-0.2, 0) is 10.0 Å². The average Bonchev–Trinajstić information content (AvgIpc) is 2.37. The van der Waals surface area contributed by atoms with Crippen molar-refractivity contribution < 1.29 is 8.42 Å². The Labute approximate surface area is 125 Å². The summed E-state index contributed by atoms with van der Waals surface area (Å²) in [6.07, 6.45) is 1.60. The van der Waals surface area contributed by atoms with Crippen LogP contribution >= 0.6 is 0 Å². The fraction of sp³-hybridized carbons (Fsp3) is 0.267. The Morgan fingerprint density at radius 1 is 1.14 bits per heavy atom. The van der Waals surface area contributed by atoms with E-state index in [1.54, 1.807) is 51.2 Å². The molecule has 0 aliphatic rings. The summed E-state index contributed by atoms with van der Waals surface area (Å²) in [5.74, 6) is 0.371. The maximum absolute atomic E-state index is 12.4. The van der Waals surface area contributed by atoms with E-state index in [1.807, 2.05) is 12.1 Å². The van der Waals surface area contributed by atoms with Crippen molar-refractivity contribution in [3.63, 3.8) is 0 Å². The number of rotatable bonds is 3. The number of benzene rings is 1. The summed E-state index contributed by atoms with van der Waals surface area (Å²) >= 11 is 0. The molecule has 0 aliphatic heterocycles. The first kappa shape index (κ1) is 15.5. The summed E-state index contributed by atoms with van der Waals surface area (Å²) < 4.78 is 27.3. The van der Waals surface area contributed by atoms with Gasteiger partial charge in [-0.25, -0.2) is 18.1 Å². The van der Waals surface area contributed by atoms with Crippen molar-refractivity contribution in [2.24, 2.45) is 0 Å². The first-order valence-electron chi connectivity index (χ1n) is 6.54. The lowest BCUT2D eigenvalue weighted by Gasteiger charge is -2.20. The van der Waals surface area contributed by atoms with Gasteiger partial charge in [0.2, 0.25) is 10.0 Å². The van der Waals surface area contributed by atoms with Crippen molar-refractivity contribution in [3.05, 3.63) is 42.6 Å². The van der Waals surface area contributed by atoms with Crippen molar-refractivity contribution in [1.82, 2.24) is 9.71 Å². The number of sulfonamides is 1. The summed E-state index contributed by atoms with van der Waals surface area (Å²) in [5, 5.41) is 0. The number of nitrogens with two attached hydrogens (primary N) is 1. The fourth-order valence-electron chi connectivity index (χ4n) is 1.95. The third-order valence-corrected chi connectivity index (χ3v) is 4.49. The second kappa shape index (κ2) is 5.46. The van der Waals surface area contributed by atoms with Crippen molar-refractivity contribution in [1.29, 1.82) is 0 Å². The van der Waals surface area contributed by atoms with Crippen molar-refractivity contribution in [3.8, 4) is 11.1 Å². The van der Waals surface area contributed by atoms with Gasteiger partial charge in [0.05, 0.1) is 4.90 Å². The molecule has 5 nitrogen and oxygen atoms in total. The molecular weight excluding hydrogens is 286 g/mol. The van der Waals surface area contributed by atoms with E-state index in [1.165, 1.54) is 0 Å². The second-order valence-corrected chi connectivity index (χ2v) is 7.50. The van der Waals surface area contributed by atoms with E-state index < -0.39 is 15.6 Å². The molecule has 0 atom stereocenters. The molecule has 6 heteroatoms. The van der Waals surface area contributed by atoms with E-state index in [4.69, 9.17) is 5.73 Å². The first-order chi connectivity index (χ1) is 9.69. The fourth-order valence-corrected chi connectivity index (χ4v) is 3.42. The van der Waals surface area contributed by atoms with Crippen LogP contribution in [0.1, 0.15) is 20.8 Å². The molecule has 0 saturated carbocycles. The lowest BCUT2D eigenvalue weighted by atomic mass is 10.1. The molecule has 2 rings (SSSR count). The van der Waals surface area contributed by atoms with Crippen LogP contribution in [0.4, 0.5) is 5.82 Å². The zero-order valence-electron chi connectivity index (χ0n) is 12.3. The molecule has 0 spiro atoms. The highest BCUT2D eigenvalue weighted by Gasteiger charge is 2.22. The molecule has 0 aliphatic carbocycles. The monoisotopic (exact) mass is 305 g/mol. The molecule has 21 heavy (non-hydrogen) atoms. The van der Waals surface area contributed by atoms with Gasteiger partial charge >= 0.3 is 0 Å². The summed E-state index contributed by atoms with van der Waals surface area (Å²) in [6.45, 7) is 5.40. The summed E-state index contributed by atoms with van der Waals surface area (Å²) in [7, 11) is -3.57. The van der Waals surface area contributed by atoms with Gasteiger partial charge in [-0.2, -0.15) is 0 Å². The Bertz CT molecular complexity index is 750. The minimum Gasteiger partial charge on any atom is -0.383 e. The normalized spacial score (nSPS) is 12.3. The number of nitrogens with one attached hydrogen (secondary N) is 1. The molecule has 2 aromatic rings. The maximum Gasteiger partial charge on any atom is 0.241 e. The molecule has 112 valence electrons. The van der Waals surface area contributed by atoms with E-state index in [2.05, 4.69) is 9.71 Å². The van der Waals surface area contributed by atoms with E-state index in [9.17, 15) is 8.42 Å². The third-order valence-electron chi connectivity index (χ3n) is 2.73. The maximum atomic E-state index is 12.4. The van der Waals surface area contributed by atoms with Gasteiger partial charge in [0.1, 0.15) is 5.82 Å². The number of pyridine rings is 1. The molecule has 1 aromatic heterocycles.